The monoisotopic (exact) mass is 393 g/mol. The highest BCUT2D eigenvalue weighted by Crippen LogP contribution is 2.26. The smallest absolute Gasteiger partial charge is 0.249 e. The van der Waals surface area contributed by atoms with Crippen molar-refractivity contribution in [2.24, 2.45) is 0 Å². The van der Waals surface area contributed by atoms with Crippen LogP contribution in [0.4, 0.5) is 23.2 Å². The maximum Gasteiger partial charge on any atom is 0.249 e. The molecular weight excluding hydrogens is 382 g/mol. The number of nitrogens with one attached hydrogen (secondary N) is 1. The van der Waals surface area contributed by atoms with Gasteiger partial charge in [-0.3, -0.25) is 9.48 Å². The van der Waals surface area contributed by atoms with Crippen LogP contribution in [0.15, 0.2) is 10.5 Å². The first kappa shape index (κ1) is 17.5. The molecule has 0 aliphatic rings. The van der Waals surface area contributed by atoms with Crippen molar-refractivity contribution in [1.82, 2.24) is 9.78 Å². The number of aromatic nitrogens is 2. The highest BCUT2D eigenvalue weighted by molar-refractivity contribution is 9.10. The Morgan fingerprint density at radius 3 is 2.17 bits per heavy atom. The van der Waals surface area contributed by atoms with E-state index in [4.69, 9.17) is 0 Å². The van der Waals surface area contributed by atoms with Crippen LogP contribution in [0.5, 0.6) is 0 Å². The highest BCUT2D eigenvalue weighted by Gasteiger charge is 2.25. The van der Waals surface area contributed by atoms with Gasteiger partial charge in [0.1, 0.15) is 11.7 Å². The van der Waals surface area contributed by atoms with Crippen LogP contribution in [-0.4, -0.2) is 15.7 Å². The lowest BCUT2D eigenvalue weighted by Crippen LogP contribution is -2.26. The zero-order chi connectivity index (χ0) is 17.5. The van der Waals surface area contributed by atoms with Crippen molar-refractivity contribution in [3.63, 3.8) is 0 Å². The second-order valence-electron chi connectivity index (χ2n) is 4.94. The van der Waals surface area contributed by atoms with Crippen LogP contribution in [0.3, 0.4) is 0 Å². The Morgan fingerprint density at radius 1 is 1.22 bits per heavy atom. The van der Waals surface area contributed by atoms with Gasteiger partial charge < -0.3 is 5.32 Å². The number of amides is 1. The van der Waals surface area contributed by atoms with Gasteiger partial charge in [-0.2, -0.15) is 5.10 Å². The molecule has 0 radical (unpaired) electrons. The predicted octanol–water partition coefficient (Wildman–Crippen LogP) is 4.02. The molecule has 1 aromatic heterocycles. The van der Waals surface area contributed by atoms with E-state index in [-0.39, 0.29) is 6.07 Å². The first-order valence-corrected chi connectivity index (χ1v) is 7.29. The first-order chi connectivity index (χ1) is 10.6. The summed E-state index contributed by atoms with van der Waals surface area (Å²) in [5, 5.41) is 5.99. The fraction of sp³-hybridized carbons (Fsp3) is 0.286. The van der Waals surface area contributed by atoms with E-state index in [1.54, 1.807) is 13.8 Å². The summed E-state index contributed by atoms with van der Waals surface area (Å²) in [6.45, 7) is 4.84. The van der Waals surface area contributed by atoms with Crippen LogP contribution >= 0.6 is 15.9 Å². The van der Waals surface area contributed by atoms with Crippen LogP contribution in [0.1, 0.15) is 24.4 Å². The van der Waals surface area contributed by atoms with Crippen molar-refractivity contribution in [3.05, 3.63) is 45.2 Å². The number of carbonyl (C=O) groups is 1. The maximum atomic E-state index is 13.6. The van der Waals surface area contributed by atoms with Crippen molar-refractivity contribution in [3.8, 4) is 0 Å². The molecule has 1 heterocycles. The highest BCUT2D eigenvalue weighted by atomic mass is 79.9. The summed E-state index contributed by atoms with van der Waals surface area (Å²) in [5.74, 6) is -7.40. The summed E-state index contributed by atoms with van der Waals surface area (Å²) in [4.78, 5) is 12.1. The van der Waals surface area contributed by atoms with Crippen molar-refractivity contribution in [2.45, 2.75) is 26.8 Å². The summed E-state index contributed by atoms with van der Waals surface area (Å²) >= 11 is 3.29. The molecule has 4 nitrogen and oxygen atoms in total. The van der Waals surface area contributed by atoms with Gasteiger partial charge in [-0.25, -0.2) is 17.6 Å². The van der Waals surface area contributed by atoms with Gasteiger partial charge in [-0.1, -0.05) is 0 Å². The van der Waals surface area contributed by atoms with Crippen LogP contribution < -0.4 is 5.32 Å². The number of aryl methyl sites for hydroxylation is 1. The summed E-state index contributed by atoms with van der Waals surface area (Å²) in [7, 11) is 0. The molecule has 2 aromatic rings. The van der Waals surface area contributed by atoms with E-state index in [1.807, 2.05) is 5.32 Å². The number of halogens is 5. The number of anilines is 1. The Kier molecular flexibility index (Phi) is 4.79. The normalized spacial score (nSPS) is 12.3. The Balaban J connectivity index is 2.34. The van der Waals surface area contributed by atoms with Gasteiger partial charge in [0.15, 0.2) is 23.3 Å². The number of nitrogens with zero attached hydrogens (tertiary/aromatic N) is 2. The Hall–Kier alpha value is -1.90. The van der Waals surface area contributed by atoms with E-state index < -0.39 is 40.9 Å². The van der Waals surface area contributed by atoms with Crippen molar-refractivity contribution in [1.29, 1.82) is 0 Å². The van der Waals surface area contributed by atoms with Crippen LogP contribution in [0.2, 0.25) is 0 Å². The van der Waals surface area contributed by atoms with Gasteiger partial charge in [0, 0.05) is 6.07 Å². The largest absolute Gasteiger partial charge is 0.319 e. The SMILES string of the molecule is Cc1nn(C(C)C(=O)Nc2c(F)c(F)cc(F)c2F)c(C)c1Br. The molecule has 1 unspecified atom stereocenters. The fourth-order valence-electron chi connectivity index (χ4n) is 2.04. The summed E-state index contributed by atoms with van der Waals surface area (Å²) in [6.07, 6.45) is 0. The molecular formula is C14H12BrF4N3O. The molecule has 1 aromatic carbocycles. The molecule has 0 fully saturated rings. The molecule has 0 aliphatic carbocycles. The molecule has 0 bridgehead atoms. The quantitative estimate of drug-likeness (QED) is 0.632. The lowest BCUT2D eigenvalue weighted by molar-refractivity contribution is -0.119. The number of hydrogen-bond acceptors (Lipinski definition) is 2. The van der Waals surface area contributed by atoms with Gasteiger partial charge in [-0.05, 0) is 36.7 Å². The molecule has 1 amide bonds. The standard InChI is InChI=1S/C14H12BrF4N3O/c1-5-10(15)6(2)22(21-5)7(3)14(23)20-13-11(18)8(16)4-9(17)12(13)19/h4,7H,1-3H3,(H,20,23). The number of hydrogen-bond donors (Lipinski definition) is 1. The molecule has 1 N–H and O–H groups in total. The van der Waals surface area contributed by atoms with E-state index in [2.05, 4.69) is 21.0 Å². The second kappa shape index (κ2) is 6.31. The number of carbonyl (C=O) groups excluding carboxylic acids is 1. The summed E-state index contributed by atoms with van der Waals surface area (Å²) < 4.78 is 55.5. The van der Waals surface area contributed by atoms with Gasteiger partial charge >= 0.3 is 0 Å². The molecule has 9 heteroatoms. The molecule has 124 valence electrons. The number of rotatable bonds is 3. The van der Waals surface area contributed by atoms with Gasteiger partial charge in [0.05, 0.1) is 15.9 Å². The van der Waals surface area contributed by atoms with E-state index in [0.29, 0.717) is 15.9 Å². The average molecular weight is 394 g/mol. The first-order valence-electron chi connectivity index (χ1n) is 6.50. The molecule has 23 heavy (non-hydrogen) atoms. The molecule has 0 spiro atoms. The van der Waals surface area contributed by atoms with E-state index in [9.17, 15) is 22.4 Å². The Morgan fingerprint density at radius 2 is 1.74 bits per heavy atom. The predicted molar refractivity (Wildman–Crippen MR) is 79.0 cm³/mol. The van der Waals surface area contributed by atoms with Crippen LogP contribution in [-0.2, 0) is 4.79 Å². The van der Waals surface area contributed by atoms with Crippen LogP contribution in [0.25, 0.3) is 0 Å². The van der Waals surface area contributed by atoms with Crippen molar-refractivity contribution < 1.29 is 22.4 Å². The second-order valence-corrected chi connectivity index (χ2v) is 5.73. The molecule has 1 atom stereocenters. The van der Waals surface area contributed by atoms with Crippen molar-refractivity contribution >= 4 is 27.5 Å². The van der Waals surface area contributed by atoms with Crippen molar-refractivity contribution in [2.75, 3.05) is 5.32 Å². The van der Waals surface area contributed by atoms with E-state index in [0.717, 1.165) is 0 Å². The minimum atomic E-state index is -1.67. The zero-order valence-corrected chi connectivity index (χ0v) is 13.9. The van der Waals surface area contributed by atoms with E-state index in [1.165, 1.54) is 11.6 Å². The molecule has 0 saturated heterocycles. The van der Waals surface area contributed by atoms with Crippen LogP contribution in [0, 0.1) is 37.1 Å². The zero-order valence-electron chi connectivity index (χ0n) is 12.3. The third-order valence-corrected chi connectivity index (χ3v) is 4.49. The lowest BCUT2D eigenvalue weighted by atomic mass is 10.2. The lowest BCUT2D eigenvalue weighted by Gasteiger charge is -2.15. The van der Waals surface area contributed by atoms with Gasteiger partial charge in [-0.15, -0.1) is 0 Å². The Bertz CT molecular complexity index is 765. The van der Waals surface area contributed by atoms with Gasteiger partial charge in [0.25, 0.3) is 0 Å². The third-order valence-electron chi connectivity index (χ3n) is 3.34. The van der Waals surface area contributed by atoms with Gasteiger partial charge in [0.2, 0.25) is 5.91 Å². The fourth-order valence-corrected chi connectivity index (χ4v) is 2.30. The summed E-state index contributed by atoms with van der Waals surface area (Å²) in [6, 6.07) is -0.882. The molecule has 2 rings (SSSR count). The minimum Gasteiger partial charge on any atom is -0.319 e. The third kappa shape index (κ3) is 3.10. The minimum absolute atomic E-state index is 0.0713. The molecule has 0 aliphatic heterocycles. The average Bonchev–Trinajstić information content (AvgIpc) is 2.76. The topological polar surface area (TPSA) is 46.9 Å². The van der Waals surface area contributed by atoms with E-state index >= 15 is 0 Å². The Labute approximate surface area is 137 Å². The summed E-state index contributed by atoms with van der Waals surface area (Å²) in [5.41, 5.74) is 0.0766. The number of benzene rings is 1. The maximum absolute atomic E-state index is 13.6. The molecule has 0 saturated carbocycles.